The summed E-state index contributed by atoms with van der Waals surface area (Å²) < 4.78 is 5.06. The molecule has 0 bridgehead atoms. The van der Waals surface area contributed by atoms with E-state index in [1.165, 1.54) is 0 Å². The van der Waals surface area contributed by atoms with Gasteiger partial charge in [0.05, 0.1) is 12.7 Å². The fourth-order valence-electron chi connectivity index (χ4n) is 1.37. The van der Waals surface area contributed by atoms with Gasteiger partial charge in [0.15, 0.2) is 0 Å². The molecule has 0 saturated carbocycles. The SMILES string of the molecule is CNCCc1cc(OC)ccc1C(=O)O. The Kier molecular flexibility index (Phi) is 4.12. The molecule has 4 heteroatoms. The first-order valence-electron chi connectivity index (χ1n) is 4.74. The fraction of sp³-hybridized carbons (Fsp3) is 0.364. The molecule has 1 aromatic carbocycles. The third kappa shape index (κ3) is 2.95. The number of rotatable bonds is 5. The minimum Gasteiger partial charge on any atom is -0.497 e. The van der Waals surface area contributed by atoms with Gasteiger partial charge in [-0.25, -0.2) is 4.79 Å². The minimum absolute atomic E-state index is 0.339. The number of hydrogen-bond donors (Lipinski definition) is 2. The van der Waals surface area contributed by atoms with Crippen LogP contribution in [0.4, 0.5) is 0 Å². The maximum atomic E-state index is 10.9. The average molecular weight is 209 g/mol. The van der Waals surface area contributed by atoms with Crippen molar-refractivity contribution in [1.29, 1.82) is 0 Å². The van der Waals surface area contributed by atoms with Crippen molar-refractivity contribution in [2.75, 3.05) is 20.7 Å². The standard InChI is InChI=1S/C11H15NO3/c1-12-6-5-8-7-9(15-2)3-4-10(8)11(13)14/h3-4,7,12H,5-6H2,1-2H3,(H,13,14). The number of methoxy groups -OCH3 is 1. The third-order valence-corrected chi connectivity index (χ3v) is 2.19. The first kappa shape index (κ1) is 11.5. The van der Waals surface area contributed by atoms with Crippen LogP contribution in [0.5, 0.6) is 5.75 Å². The van der Waals surface area contributed by atoms with Gasteiger partial charge in [0.1, 0.15) is 5.75 Å². The van der Waals surface area contributed by atoms with Gasteiger partial charge in [0.25, 0.3) is 0 Å². The van der Waals surface area contributed by atoms with Crippen LogP contribution in [0.25, 0.3) is 0 Å². The second-order valence-electron chi connectivity index (χ2n) is 3.18. The number of nitrogens with one attached hydrogen (secondary N) is 1. The number of aromatic carboxylic acids is 1. The number of carbonyl (C=O) groups is 1. The van der Waals surface area contributed by atoms with E-state index in [1.54, 1.807) is 25.3 Å². The smallest absolute Gasteiger partial charge is 0.335 e. The van der Waals surface area contributed by atoms with Gasteiger partial charge in [0.2, 0.25) is 0 Å². The van der Waals surface area contributed by atoms with Crippen molar-refractivity contribution in [3.05, 3.63) is 29.3 Å². The van der Waals surface area contributed by atoms with Crippen LogP contribution in [0, 0.1) is 0 Å². The fourth-order valence-corrected chi connectivity index (χ4v) is 1.37. The molecule has 0 unspecified atom stereocenters. The van der Waals surface area contributed by atoms with Gasteiger partial charge in [-0.3, -0.25) is 0 Å². The van der Waals surface area contributed by atoms with Crippen LogP contribution >= 0.6 is 0 Å². The lowest BCUT2D eigenvalue weighted by atomic mass is 10.0. The molecule has 0 amide bonds. The number of benzene rings is 1. The molecular formula is C11H15NO3. The van der Waals surface area contributed by atoms with Crippen LogP contribution in [-0.2, 0) is 6.42 Å². The Bertz CT molecular complexity index is 350. The second kappa shape index (κ2) is 5.36. The van der Waals surface area contributed by atoms with Crippen LogP contribution in [0.2, 0.25) is 0 Å². The first-order valence-corrected chi connectivity index (χ1v) is 4.74. The van der Waals surface area contributed by atoms with Crippen molar-refractivity contribution >= 4 is 5.97 Å². The molecule has 1 aromatic rings. The van der Waals surface area contributed by atoms with Gasteiger partial charge in [0, 0.05) is 0 Å². The van der Waals surface area contributed by atoms with Crippen LogP contribution in [0.15, 0.2) is 18.2 Å². The van der Waals surface area contributed by atoms with E-state index in [1.807, 2.05) is 7.05 Å². The summed E-state index contributed by atoms with van der Waals surface area (Å²) >= 11 is 0. The molecule has 0 aromatic heterocycles. The highest BCUT2D eigenvalue weighted by molar-refractivity contribution is 5.89. The topological polar surface area (TPSA) is 58.6 Å². The zero-order chi connectivity index (χ0) is 11.3. The lowest BCUT2D eigenvalue weighted by Gasteiger charge is -2.08. The van der Waals surface area contributed by atoms with E-state index < -0.39 is 5.97 Å². The van der Waals surface area contributed by atoms with Crippen LogP contribution in [0.3, 0.4) is 0 Å². The highest BCUT2D eigenvalue weighted by Crippen LogP contribution is 2.18. The molecule has 0 spiro atoms. The monoisotopic (exact) mass is 209 g/mol. The summed E-state index contributed by atoms with van der Waals surface area (Å²) in [6.07, 6.45) is 0.676. The summed E-state index contributed by atoms with van der Waals surface area (Å²) in [7, 11) is 3.40. The molecule has 0 atom stereocenters. The molecule has 4 nitrogen and oxygen atoms in total. The van der Waals surface area contributed by atoms with Gasteiger partial charge >= 0.3 is 5.97 Å². The molecule has 82 valence electrons. The normalized spacial score (nSPS) is 10.0. The number of hydrogen-bond acceptors (Lipinski definition) is 3. The molecule has 15 heavy (non-hydrogen) atoms. The van der Waals surface area contributed by atoms with Gasteiger partial charge in [-0.05, 0) is 43.8 Å². The number of carboxylic acid groups (broad SMARTS) is 1. The van der Waals surface area contributed by atoms with Gasteiger partial charge in [-0.1, -0.05) is 0 Å². The third-order valence-electron chi connectivity index (χ3n) is 2.19. The Balaban J connectivity index is 2.99. The lowest BCUT2D eigenvalue weighted by Crippen LogP contribution is -2.13. The summed E-state index contributed by atoms with van der Waals surface area (Å²) in [5, 5.41) is 12.0. The van der Waals surface area contributed by atoms with Gasteiger partial charge in [-0.15, -0.1) is 0 Å². The highest BCUT2D eigenvalue weighted by Gasteiger charge is 2.10. The molecule has 1 rings (SSSR count). The molecule has 0 aliphatic rings. The zero-order valence-electron chi connectivity index (χ0n) is 8.91. The molecule has 0 aliphatic carbocycles. The van der Waals surface area contributed by atoms with E-state index in [4.69, 9.17) is 9.84 Å². The van der Waals surface area contributed by atoms with E-state index in [-0.39, 0.29) is 0 Å². The summed E-state index contributed by atoms with van der Waals surface area (Å²) in [4.78, 5) is 10.9. The van der Waals surface area contributed by atoms with Crippen molar-refractivity contribution in [2.45, 2.75) is 6.42 Å². The molecule has 2 N–H and O–H groups in total. The summed E-state index contributed by atoms with van der Waals surface area (Å²) in [6, 6.07) is 5.00. The Labute approximate surface area is 88.9 Å². The van der Waals surface area contributed by atoms with Crippen molar-refractivity contribution < 1.29 is 14.6 Å². The quantitative estimate of drug-likeness (QED) is 0.764. The zero-order valence-corrected chi connectivity index (χ0v) is 8.91. The Hall–Kier alpha value is -1.55. The summed E-state index contributed by atoms with van der Waals surface area (Å²) in [6.45, 7) is 0.743. The second-order valence-corrected chi connectivity index (χ2v) is 3.18. The lowest BCUT2D eigenvalue weighted by molar-refractivity contribution is 0.0695. The molecule has 0 aliphatic heterocycles. The van der Waals surface area contributed by atoms with Crippen molar-refractivity contribution in [2.24, 2.45) is 0 Å². The van der Waals surface area contributed by atoms with Crippen molar-refractivity contribution in [3.63, 3.8) is 0 Å². The maximum absolute atomic E-state index is 10.9. The average Bonchev–Trinajstić information content (AvgIpc) is 2.25. The number of likely N-dealkylation sites (N-methyl/N-ethyl adjacent to an activating group) is 1. The Morgan fingerprint density at radius 2 is 2.27 bits per heavy atom. The Morgan fingerprint density at radius 1 is 1.53 bits per heavy atom. The minimum atomic E-state index is -0.899. The van der Waals surface area contributed by atoms with E-state index in [9.17, 15) is 4.79 Å². The van der Waals surface area contributed by atoms with E-state index >= 15 is 0 Å². The van der Waals surface area contributed by atoms with Crippen LogP contribution in [-0.4, -0.2) is 31.8 Å². The van der Waals surface area contributed by atoms with E-state index in [2.05, 4.69) is 5.32 Å². The predicted molar refractivity (Wildman–Crippen MR) is 57.6 cm³/mol. The summed E-state index contributed by atoms with van der Waals surface area (Å²) in [5.41, 5.74) is 1.13. The molecule has 0 heterocycles. The molecular weight excluding hydrogens is 194 g/mol. The molecule has 0 saturated heterocycles. The van der Waals surface area contributed by atoms with Gasteiger partial charge in [-0.2, -0.15) is 0 Å². The first-order chi connectivity index (χ1) is 7.19. The largest absolute Gasteiger partial charge is 0.497 e. The van der Waals surface area contributed by atoms with E-state index in [0.29, 0.717) is 17.7 Å². The van der Waals surface area contributed by atoms with Crippen LogP contribution < -0.4 is 10.1 Å². The number of ether oxygens (including phenoxy) is 1. The van der Waals surface area contributed by atoms with Gasteiger partial charge < -0.3 is 15.2 Å². The van der Waals surface area contributed by atoms with Crippen molar-refractivity contribution in [3.8, 4) is 5.75 Å². The summed E-state index contributed by atoms with van der Waals surface area (Å²) in [5.74, 6) is -0.213. The highest BCUT2D eigenvalue weighted by atomic mass is 16.5. The number of carboxylic acids is 1. The van der Waals surface area contributed by atoms with Crippen molar-refractivity contribution in [1.82, 2.24) is 5.32 Å². The molecule has 0 fully saturated rings. The predicted octanol–water partition coefficient (Wildman–Crippen LogP) is 1.16. The van der Waals surface area contributed by atoms with Crippen LogP contribution in [0.1, 0.15) is 15.9 Å². The maximum Gasteiger partial charge on any atom is 0.335 e. The Morgan fingerprint density at radius 3 is 2.80 bits per heavy atom. The molecule has 0 radical (unpaired) electrons. The van der Waals surface area contributed by atoms with E-state index in [0.717, 1.165) is 12.1 Å².